The van der Waals surface area contributed by atoms with Crippen molar-refractivity contribution in [2.24, 2.45) is 0 Å². The van der Waals surface area contributed by atoms with Crippen LogP contribution >= 0.6 is 39.9 Å². The summed E-state index contributed by atoms with van der Waals surface area (Å²) in [5.41, 5.74) is 1.75. The standard InChI is InChI=1S/C25H20BrNO5S2/c1-2-31-20-11-15(12-21-24(30)27(13-22(28)29)25(33)34-21)10-19(26)23(20)32-14-17-8-5-7-16-6-3-4-9-18(16)17/h3-12H,2,13-14H2,1H3,(H,28,29)/b21-12-. The number of hydrogen-bond acceptors (Lipinski definition) is 6. The van der Waals surface area contributed by atoms with Gasteiger partial charge in [-0.25, -0.2) is 0 Å². The van der Waals surface area contributed by atoms with E-state index in [1.165, 1.54) is 0 Å². The summed E-state index contributed by atoms with van der Waals surface area (Å²) in [6, 6.07) is 17.8. The minimum atomic E-state index is -1.12. The Bertz CT molecular complexity index is 1320. The second-order valence-corrected chi connectivity index (χ2v) is 9.88. The van der Waals surface area contributed by atoms with Gasteiger partial charge in [-0.1, -0.05) is 66.4 Å². The molecule has 1 aliphatic heterocycles. The van der Waals surface area contributed by atoms with Gasteiger partial charge in [0.1, 0.15) is 17.5 Å². The molecule has 6 nitrogen and oxygen atoms in total. The molecule has 0 spiro atoms. The SMILES string of the molecule is CCOc1cc(/C=C2\SC(=S)N(CC(=O)O)C2=O)cc(Br)c1OCc1cccc2ccccc12. The molecule has 1 N–H and O–H groups in total. The second-order valence-electron chi connectivity index (χ2n) is 7.35. The molecule has 3 aromatic carbocycles. The van der Waals surface area contributed by atoms with Gasteiger partial charge in [0.2, 0.25) is 0 Å². The van der Waals surface area contributed by atoms with Crippen molar-refractivity contribution in [1.82, 2.24) is 4.90 Å². The van der Waals surface area contributed by atoms with Crippen LogP contribution in [0.1, 0.15) is 18.1 Å². The minimum Gasteiger partial charge on any atom is -0.490 e. The van der Waals surface area contributed by atoms with Crippen LogP contribution in [0.25, 0.3) is 16.8 Å². The first-order valence-corrected chi connectivity index (χ1v) is 12.4. The molecular formula is C25H20BrNO5S2. The van der Waals surface area contributed by atoms with Gasteiger partial charge < -0.3 is 14.6 Å². The molecule has 174 valence electrons. The Labute approximate surface area is 214 Å². The number of benzene rings is 3. The number of carbonyl (C=O) groups excluding carboxylic acids is 1. The number of aliphatic carboxylic acids is 1. The number of carbonyl (C=O) groups is 2. The Morgan fingerprint density at radius 3 is 2.71 bits per heavy atom. The fraction of sp³-hybridized carbons (Fsp3) is 0.160. The number of thiocarbonyl (C=S) groups is 1. The molecular weight excluding hydrogens is 538 g/mol. The van der Waals surface area contributed by atoms with Crippen LogP contribution in [-0.4, -0.2) is 39.4 Å². The molecule has 1 amide bonds. The highest BCUT2D eigenvalue weighted by Gasteiger charge is 2.33. The van der Waals surface area contributed by atoms with Gasteiger partial charge in [0.15, 0.2) is 11.5 Å². The summed E-state index contributed by atoms with van der Waals surface area (Å²) in [6.45, 7) is 2.21. The van der Waals surface area contributed by atoms with Crippen molar-refractivity contribution in [2.45, 2.75) is 13.5 Å². The maximum absolute atomic E-state index is 12.6. The summed E-state index contributed by atoms with van der Waals surface area (Å²) in [7, 11) is 0. The summed E-state index contributed by atoms with van der Waals surface area (Å²) in [5.74, 6) is -0.455. The molecule has 0 bridgehead atoms. The van der Waals surface area contributed by atoms with E-state index < -0.39 is 18.4 Å². The van der Waals surface area contributed by atoms with Gasteiger partial charge in [-0.05, 0) is 63.0 Å². The van der Waals surface area contributed by atoms with Crippen LogP contribution in [0.15, 0.2) is 64.0 Å². The lowest BCUT2D eigenvalue weighted by Crippen LogP contribution is -2.33. The zero-order valence-electron chi connectivity index (χ0n) is 18.1. The molecule has 0 aromatic heterocycles. The molecule has 4 rings (SSSR count). The number of hydrogen-bond donors (Lipinski definition) is 1. The highest BCUT2D eigenvalue weighted by Crippen LogP contribution is 2.40. The molecule has 9 heteroatoms. The Kier molecular flexibility index (Phi) is 7.55. The highest BCUT2D eigenvalue weighted by atomic mass is 79.9. The molecule has 0 atom stereocenters. The molecule has 1 fully saturated rings. The lowest BCUT2D eigenvalue weighted by molar-refractivity contribution is -0.140. The number of rotatable bonds is 8. The fourth-order valence-electron chi connectivity index (χ4n) is 3.57. The van der Waals surface area contributed by atoms with E-state index in [1.54, 1.807) is 12.1 Å². The van der Waals surface area contributed by atoms with Gasteiger partial charge in [0, 0.05) is 0 Å². The zero-order valence-corrected chi connectivity index (χ0v) is 21.3. The van der Waals surface area contributed by atoms with Crippen molar-refractivity contribution in [3.8, 4) is 11.5 Å². The van der Waals surface area contributed by atoms with Gasteiger partial charge in [-0.2, -0.15) is 0 Å². The van der Waals surface area contributed by atoms with Crippen LogP contribution in [0.2, 0.25) is 0 Å². The van der Waals surface area contributed by atoms with Crippen LogP contribution in [0.4, 0.5) is 0 Å². The number of nitrogens with zero attached hydrogens (tertiary/aromatic N) is 1. The van der Waals surface area contributed by atoms with E-state index in [4.69, 9.17) is 26.8 Å². The maximum Gasteiger partial charge on any atom is 0.323 e. The fourth-order valence-corrected chi connectivity index (χ4v) is 5.39. The summed E-state index contributed by atoms with van der Waals surface area (Å²) in [5, 5.41) is 11.3. The Balaban J connectivity index is 1.61. The predicted octanol–water partition coefficient (Wildman–Crippen LogP) is 5.87. The third-order valence-corrected chi connectivity index (χ3v) is 7.02. The number of halogens is 1. The van der Waals surface area contributed by atoms with E-state index in [0.717, 1.165) is 33.0 Å². The number of thioether (sulfide) groups is 1. The topological polar surface area (TPSA) is 76.1 Å². The maximum atomic E-state index is 12.6. The first kappa shape index (κ1) is 24.3. The van der Waals surface area contributed by atoms with Gasteiger partial charge in [0.05, 0.1) is 16.0 Å². The molecule has 0 unspecified atom stereocenters. The van der Waals surface area contributed by atoms with Gasteiger partial charge in [0.25, 0.3) is 5.91 Å². The van der Waals surface area contributed by atoms with E-state index >= 15 is 0 Å². The average molecular weight is 558 g/mol. The molecule has 0 aliphatic carbocycles. The van der Waals surface area contributed by atoms with Crippen LogP contribution < -0.4 is 9.47 Å². The molecule has 1 heterocycles. The van der Waals surface area contributed by atoms with Gasteiger partial charge in [-0.15, -0.1) is 0 Å². The summed E-state index contributed by atoms with van der Waals surface area (Å²) in [4.78, 5) is 25.1. The van der Waals surface area contributed by atoms with E-state index in [9.17, 15) is 9.59 Å². The van der Waals surface area contributed by atoms with Crippen molar-refractivity contribution < 1.29 is 24.2 Å². The van der Waals surface area contributed by atoms with Crippen LogP contribution in [0.5, 0.6) is 11.5 Å². The Morgan fingerprint density at radius 1 is 1.18 bits per heavy atom. The molecule has 0 saturated carbocycles. The number of fused-ring (bicyclic) bond motifs is 1. The molecule has 3 aromatic rings. The average Bonchev–Trinajstić information content (AvgIpc) is 3.05. The van der Waals surface area contributed by atoms with Crippen molar-refractivity contribution in [3.63, 3.8) is 0 Å². The van der Waals surface area contributed by atoms with E-state index in [1.807, 2.05) is 37.3 Å². The van der Waals surface area contributed by atoms with Crippen LogP contribution in [0, 0.1) is 0 Å². The first-order chi connectivity index (χ1) is 16.4. The normalized spacial score (nSPS) is 14.8. The monoisotopic (exact) mass is 557 g/mol. The third kappa shape index (κ3) is 5.27. The molecule has 34 heavy (non-hydrogen) atoms. The van der Waals surface area contributed by atoms with E-state index in [0.29, 0.717) is 39.7 Å². The van der Waals surface area contributed by atoms with E-state index in [2.05, 4.69) is 34.1 Å². The number of carboxylic acids is 1. The number of carboxylic acid groups (broad SMARTS) is 1. The molecule has 0 radical (unpaired) electrons. The first-order valence-electron chi connectivity index (χ1n) is 10.4. The molecule has 1 saturated heterocycles. The van der Waals surface area contributed by atoms with Crippen molar-refractivity contribution in [3.05, 3.63) is 75.1 Å². The minimum absolute atomic E-state index is 0.220. The van der Waals surface area contributed by atoms with Crippen LogP contribution in [0.3, 0.4) is 0 Å². The lowest BCUT2D eigenvalue weighted by atomic mass is 10.1. The Morgan fingerprint density at radius 2 is 1.94 bits per heavy atom. The van der Waals surface area contributed by atoms with Crippen molar-refractivity contribution in [2.75, 3.05) is 13.2 Å². The quantitative estimate of drug-likeness (QED) is 0.274. The number of amides is 1. The lowest BCUT2D eigenvalue weighted by Gasteiger charge is -2.16. The van der Waals surface area contributed by atoms with Crippen molar-refractivity contribution in [1.29, 1.82) is 0 Å². The van der Waals surface area contributed by atoms with Gasteiger partial charge >= 0.3 is 5.97 Å². The Hall–Kier alpha value is -2.88. The summed E-state index contributed by atoms with van der Waals surface area (Å²) >= 11 is 9.81. The highest BCUT2D eigenvalue weighted by molar-refractivity contribution is 9.10. The summed E-state index contributed by atoms with van der Waals surface area (Å²) in [6.07, 6.45) is 1.67. The smallest absolute Gasteiger partial charge is 0.323 e. The summed E-state index contributed by atoms with van der Waals surface area (Å²) < 4.78 is 12.9. The zero-order chi connectivity index (χ0) is 24.2. The van der Waals surface area contributed by atoms with Crippen LogP contribution in [-0.2, 0) is 16.2 Å². The second kappa shape index (κ2) is 10.6. The molecule has 1 aliphatic rings. The van der Waals surface area contributed by atoms with Gasteiger partial charge in [-0.3, -0.25) is 14.5 Å². The van der Waals surface area contributed by atoms with E-state index in [-0.39, 0.29) is 4.32 Å². The third-order valence-electron chi connectivity index (χ3n) is 5.05. The largest absolute Gasteiger partial charge is 0.490 e. The number of ether oxygens (including phenoxy) is 2. The predicted molar refractivity (Wildman–Crippen MR) is 141 cm³/mol. The van der Waals surface area contributed by atoms with Crippen molar-refractivity contribution >= 4 is 73.0 Å².